The van der Waals surface area contributed by atoms with Crippen LogP contribution >= 0.6 is 0 Å². The van der Waals surface area contributed by atoms with Crippen LogP contribution < -0.4 is 10.9 Å². The van der Waals surface area contributed by atoms with Crippen molar-refractivity contribution in [3.63, 3.8) is 0 Å². The molecule has 0 spiro atoms. The largest absolute Gasteiger partial charge is 0.329 e. The Morgan fingerprint density at radius 3 is 2.83 bits per heavy atom. The third-order valence-corrected chi connectivity index (χ3v) is 2.17. The van der Waals surface area contributed by atoms with Crippen LogP contribution in [0.5, 0.6) is 0 Å². The molecule has 0 aliphatic carbocycles. The van der Waals surface area contributed by atoms with Crippen molar-refractivity contribution in [2.45, 2.75) is 0 Å². The standard InChI is InChI=1S/C12H8N4O2/c13-6-8-1-2-10(15-7-8)16-12(18)9-3-4-14-11(17)5-9/h1-5,7H,(H,14,17)(H,15,16,18). The molecule has 0 aliphatic heterocycles. The van der Waals surface area contributed by atoms with E-state index >= 15 is 0 Å². The molecule has 2 aromatic rings. The van der Waals surface area contributed by atoms with Crippen LogP contribution in [-0.4, -0.2) is 15.9 Å². The van der Waals surface area contributed by atoms with Crippen LogP contribution in [0, 0.1) is 11.3 Å². The van der Waals surface area contributed by atoms with E-state index < -0.39 is 5.91 Å². The SMILES string of the molecule is N#Cc1ccc(NC(=O)c2cc[nH]c(=O)c2)nc1. The van der Waals surface area contributed by atoms with Crippen LogP contribution in [0.3, 0.4) is 0 Å². The van der Waals surface area contributed by atoms with E-state index in [0.29, 0.717) is 11.4 Å². The fraction of sp³-hybridized carbons (Fsp3) is 0. The van der Waals surface area contributed by atoms with Crippen molar-refractivity contribution in [1.29, 1.82) is 5.26 Å². The zero-order chi connectivity index (χ0) is 13.0. The Balaban J connectivity index is 2.16. The molecule has 0 aliphatic rings. The number of hydrogen-bond donors (Lipinski definition) is 2. The van der Waals surface area contributed by atoms with Gasteiger partial charge in [0.05, 0.1) is 5.56 Å². The minimum absolute atomic E-state index is 0.241. The monoisotopic (exact) mass is 240 g/mol. The molecule has 1 amide bonds. The number of nitrogens with one attached hydrogen (secondary N) is 2. The molecule has 0 unspecified atom stereocenters. The van der Waals surface area contributed by atoms with Crippen LogP contribution in [0.4, 0.5) is 5.82 Å². The quantitative estimate of drug-likeness (QED) is 0.814. The number of aromatic nitrogens is 2. The third kappa shape index (κ3) is 2.59. The summed E-state index contributed by atoms with van der Waals surface area (Å²) in [7, 11) is 0. The molecule has 18 heavy (non-hydrogen) atoms. The number of amides is 1. The second-order valence-corrected chi connectivity index (χ2v) is 3.44. The van der Waals surface area contributed by atoms with Gasteiger partial charge >= 0.3 is 0 Å². The van der Waals surface area contributed by atoms with Gasteiger partial charge < -0.3 is 10.3 Å². The number of nitriles is 1. The van der Waals surface area contributed by atoms with E-state index in [1.807, 2.05) is 6.07 Å². The highest BCUT2D eigenvalue weighted by molar-refractivity contribution is 6.03. The van der Waals surface area contributed by atoms with Crippen LogP contribution in [0.15, 0.2) is 41.5 Å². The van der Waals surface area contributed by atoms with Gasteiger partial charge in [0.2, 0.25) is 5.56 Å². The van der Waals surface area contributed by atoms with Gasteiger partial charge in [-0.25, -0.2) is 4.98 Å². The van der Waals surface area contributed by atoms with Gasteiger partial charge in [-0.1, -0.05) is 0 Å². The van der Waals surface area contributed by atoms with E-state index in [9.17, 15) is 9.59 Å². The maximum Gasteiger partial charge on any atom is 0.257 e. The van der Waals surface area contributed by atoms with Crippen molar-refractivity contribution in [3.8, 4) is 6.07 Å². The molecule has 6 heteroatoms. The molecule has 0 radical (unpaired) electrons. The van der Waals surface area contributed by atoms with Crippen LogP contribution in [0.25, 0.3) is 0 Å². The summed E-state index contributed by atoms with van der Waals surface area (Å²) in [6, 6.07) is 7.67. The Labute approximate surface area is 102 Å². The Morgan fingerprint density at radius 2 is 2.22 bits per heavy atom. The lowest BCUT2D eigenvalue weighted by atomic mass is 10.2. The minimum atomic E-state index is -0.432. The first-order chi connectivity index (χ1) is 8.69. The van der Waals surface area contributed by atoms with Gasteiger partial charge in [0.15, 0.2) is 0 Å². The van der Waals surface area contributed by atoms with E-state index in [-0.39, 0.29) is 11.1 Å². The van der Waals surface area contributed by atoms with Gasteiger partial charge in [-0.15, -0.1) is 0 Å². The summed E-state index contributed by atoms with van der Waals surface area (Å²) in [5, 5.41) is 11.1. The zero-order valence-electron chi connectivity index (χ0n) is 9.18. The van der Waals surface area contributed by atoms with Crippen molar-refractivity contribution < 1.29 is 4.79 Å². The number of anilines is 1. The first-order valence-corrected chi connectivity index (χ1v) is 5.05. The van der Waals surface area contributed by atoms with Crippen molar-refractivity contribution >= 4 is 11.7 Å². The number of carbonyl (C=O) groups is 1. The third-order valence-electron chi connectivity index (χ3n) is 2.17. The highest BCUT2D eigenvalue weighted by Gasteiger charge is 2.06. The summed E-state index contributed by atoms with van der Waals surface area (Å²) >= 11 is 0. The number of rotatable bonds is 2. The fourth-order valence-electron chi connectivity index (χ4n) is 1.31. The normalized spacial score (nSPS) is 9.50. The van der Waals surface area contributed by atoms with Crippen molar-refractivity contribution in [2.75, 3.05) is 5.32 Å². The van der Waals surface area contributed by atoms with Gasteiger partial charge in [0.1, 0.15) is 11.9 Å². The molecule has 2 N–H and O–H groups in total. The van der Waals surface area contributed by atoms with Crippen molar-refractivity contribution in [2.24, 2.45) is 0 Å². The maximum absolute atomic E-state index is 11.8. The lowest BCUT2D eigenvalue weighted by Crippen LogP contribution is -2.16. The summed E-state index contributed by atoms with van der Waals surface area (Å²) < 4.78 is 0. The smallest absolute Gasteiger partial charge is 0.257 e. The lowest BCUT2D eigenvalue weighted by molar-refractivity contribution is 0.102. The molecule has 0 bridgehead atoms. The van der Waals surface area contributed by atoms with Crippen LogP contribution in [-0.2, 0) is 0 Å². The molecule has 0 atom stereocenters. The summed E-state index contributed by atoms with van der Waals surface area (Å²) in [5.74, 6) is -0.113. The Hall–Kier alpha value is -2.94. The van der Waals surface area contributed by atoms with Gasteiger partial charge in [-0.05, 0) is 18.2 Å². The van der Waals surface area contributed by atoms with Gasteiger partial charge in [0, 0.05) is 24.0 Å². The average molecular weight is 240 g/mol. The second kappa shape index (κ2) is 4.93. The van der Waals surface area contributed by atoms with E-state index in [2.05, 4.69) is 15.3 Å². The zero-order valence-corrected chi connectivity index (χ0v) is 9.18. The Morgan fingerprint density at radius 1 is 1.39 bits per heavy atom. The number of hydrogen-bond acceptors (Lipinski definition) is 4. The molecule has 0 saturated carbocycles. The second-order valence-electron chi connectivity index (χ2n) is 3.44. The summed E-state index contributed by atoms with van der Waals surface area (Å²) in [6.07, 6.45) is 2.75. The Kier molecular flexibility index (Phi) is 3.16. The predicted octanol–water partition coefficient (Wildman–Crippen LogP) is 0.894. The number of H-pyrrole nitrogens is 1. The van der Waals surface area contributed by atoms with Gasteiger partial charge in [-0.3, -0.25) is 9.59 Å². The van der Waals surface area contributed by atoms with E-state index in [1.54, 1.807) is 6.07 Å². The highest BCUT2D eigenvalue weighted by atomic mass is 16.2. The summed E-state index contributed by atoms with van der Waals surface area (Å²) in [5.41, 5.74) is 0.296. The molecule has 2 aromatic heterocycles. The molecule has 0 aromatic carbocycles. The molecular formula is C12H8N4O2. The first-order valence-electron chi connectivity index (χ1n) is 5.05. The highest BCUT2D eigenvalue weighted by Crippen LogP contribution is 2.06. The average Bonchev–Trinajstić information content (AvgIpc) is 2.39. The topological polar surface area (TPSA) is 98.6 Å². The Bertz CT molecular complexity index is 667. The van der Waals surface area contributed by atoms with Crippen molar-refractivity contribution in [3.05, 3.63) is 58.1 Å². The molecule has 88 valence electrons. The lowest BCUT2D eigenvalue weighted by Gasteiger charge is -2.03. The number of aromatic amines is 1. The van der Waals surface area contributed by atoms with E-state index in [1.165, 1.54) is 30.6 Å². The minimum Gasteiger partial charge on any atom is -0.329 e. The van der Waals surface area contributed by atoms with Gasteiger partial charge in [-0.2, -0.15) is 5.26 Å². The van der Waals surface area contributed by atoms with Gasteiger partial charge in [0.25, 0.3) is 5.91 Å². The van der Waals surface area contributed by atoms with E-state index in [0.717, 1.165) is 0 Å². The molecule has 0 fully saturated rings. The van der Waals surface area contributed by atoms with E-state index in [4.69, 9.17) is 5.26 Å². The number of pyridine rings is 2. The molecular weight excluding hydrogens is 232 g/mol. The molecule has 6 nitrogen and oxygen atoms in total. The van der Waals surface area contributed by atoms with Crippen molar-refractivity contribution in [1.82, 2.24) is 9.97 Å². The summed E-state index contributed by atoms with van der Waals surface area (Å²) in [6.45, 7) is 0. The van der Waals surface area contributed by atoms with Crippen LogP contribution in [0.1, 0.15) is 15.9 Å². The molecule has 2 heterocycles. The maximum atomic E-state index is 11.8. The number of carbonyl (C=O) groups excluding carboxylic acids is 1. The predicted molar refractivity (Wildman–Crippen MR) is 64.0 cm³/mol. The summed E-state index contributed by atoms with van der Waals surface area (Å²) in [4.78, 5) is 29.1. The molecule has 0 saturated heterocycles. The first kappa shape index (κ1) is 11.5. The van der Waals surface area contributed by atoms with Crippen LogP contribution in [0.2, 0.25) is 0 Å². The fourth-order valence-corrected chi connectivity index (χ4v) is 1.31. The molecule has 2 rings (SSSR count). The number of nitrogens with zero attached hydrogens (tertiary/aromatic N) is 2.